The molecule has 0 fully saturated rings. The lowest BCUT2D eigenvalue weighted by atomic mass is 10.4. The second-order valence-corrected chi connectivity index (χ2v) is 6.47. The van der Waals surface area contributed by atoms with Crippen molar-refractivity contribution in [1.82, 2.24) is 5.32 Å². The van der Waals surface area contributed by atoms with Crippen LogP contribution in [-0.4, -0.2) is 11.8 Å². The van der Waals surface area contributed by atoms with Gasteiger partial charge in [-0.15, -0.1) is 22.7 Å². The fourth-order valence-corrected chi connectivity index (χ4v) is 3.24. The van der Waals surface area contributed by atoms with Crippen molar-refractivity contribution in [2.45, 2.75) is 6.54 Å². The number of thiophene rings is 2. The Kier molecular flexibility index (Phi) is 4.36. The van der Waals surface area contributed by atoms with Gasteiger partial charge in [0.1, 0.15) is 0 Å². The van der Waals surface area contributed by atoms with Gasteiger partial charge in [0.05, 0.1) is 22.7 Å². The summed E-state index contributed by atoms with van der Waals surface area (Å²) in [4.78, 5) is 25.5. The summed E-state index contributed by atoms with van der Waals surface area (Å²) < 4.78 is 5.02. The zero-order chi connectivity index (χ0) is 15.4. The highest BCUT2D eigenvalue weighted by Gasteiger charge is 2.13. The maximum absolute atomic E-state index is 12.0. The van der Waals surface area contributed by atoms with Crippen LogP contribution in [0.15, 0.2) is 52.5 Å². The van der Waals surface area contributed by atoms with E-state index in [-0.39, 0.29) is 17.6 Å². The van der Waals surface area contributed by atoms with E-state index < -0.39 is 0 Å². The Hall–Kier alpha value is -2.38. The Morgan fingerprint density at radius 1 is 1.09 bits per heavy atom. The SMILES string of the molecule is O=C(Nc1ccc(C(=O)NCc2cccs2)s1)c1ccco1. The van der Waals surface area contributed by atoms with Crippen LogP contribution in [0.1, 0.15) is 25.1 Å². The van der Waals surface area contributed by atoms with E-state index in [2.05, 4.69) is 10.6 Å². The molecule has 0 saturated carbocycles. The minimum Gasteiger partial charge on any atom is -0.459 e. The van der Waals surface area contributed by atoms with Crippen LogP contribution in [-0.2, 0) is 6.54 Å². The average Bonchev–Trinajstić information content (AvgIpc) is 3.25. The predicted molar refractivity (Wildman–Crippen MR) is 86.5 cm³/mol. The van der Waals surface area contributed by atoms with Crippen LogP contribution in [0.4, 0.5) is 5.00 Å². The quantitative estimate of drug-likeness (QED) is 0.750. The van der Waals surface area contributed by atoms with E-state index >= 15 is 0 Å². The molecule has 0 bridgehead atoms. The molecule has 0 aromatic carbocycles. The van der Waals surface area contributed by atoms with Gasteiger partial charge in [0, 0.05) is 4.88 Å². The Morgan fingerprint density at radius 2 is 2.00 bits per heavy atom. The van der Waals surface area contributed by atoms with Gasteiger partial charge in [0.25, 0.3) is 11.8 Å². The zero-order valence-electron chi connectivity index (χ0n) is 11.4. The molecule has 7 heteroatoms. The summed E-state index contributed by atoms with van der Waals surface area (Å²) in [5.74, 6) is -0.258. The lowest BCUT2D eigenvalue weighted by Gasteiger charge is -2.01. The third-order valence-electron chi connectivity index (χ3n) is 2.81. The number of hydrogen-bond donors (Lipinski definition) is 2. The highest BCUT2D eigenvalue weighted by Crippen LogP contribution is 2.22. The van der Waals surface area contributed by atoms with Crippen LogP contribution in [0.25, 0.3) is 0 Å². The first-order valence-corrected chi connectivity index (χ1v) is 8.17. The first-order chi connectivity index (χ1) is 10.7. The normalized spacial score (nSPS) is 10.4. The van der Waals surface area contributed by atoms with Crippen molar-refractivity contribution in [3.05, 3.63) is 63.6 Å². The van der Waals surface area contributed by atoms with E-state index in [9.17, 15) is 9.59 Å². The first kappa shape index (κ1) is 14.6. The van der Waals surface area contributed by atoms with Gasteiger partial charge in [0.2, 0.25) is 0 Å². The van der Waals surface area contributed by atoms with Crippen molar-refractivity contribution in [2.75, 3.05) is 5.32 Å². The van der Waals surface area contributed by atoms with Crippen molar-refractivity contribution in [3.8, 4) is 0 Å². The maximum Gasteiger partial charge on any atom is 0.291 e. The lowest BCUT2D eigenvalue weighted by Crippen LogP contribution is -2.21. The predicted octanol–water partition coefficient (Wildman–Crippen LogP) is 3.58. The number of rotatable bonds is 5. The number of hydrogen-bond acceptors (Lipinski definition) is 5. The second-order valence-electron chi connectivity index (χ2n) is 4.36. The topological polar surface area (TPSA) is 71.3 Å². The number of amides is 2. The number of nitrogens with one attached hydrogen (secondary N) is 2. The van der Waals surface area contributed by atoms with E-state index in [4.69, 9.17) is 4.42 Å². The minimum absolute atomic E-state index is 0.156. The molecule has 0 radical (unpaired) electrons. The van der Waals surface area contributed by atoms with E-state index in [0.717, 1.165) is 4.88 Å². The first-order valence-electron chi connectivity index (χ1n) is 6.47. The van der Waals surface area contributed by atoms with Gasteiger partial charge in [-0.3, -0.25) is 9.59 Å². The van der Waals surface area contributed by atoms with E-state index in [1.54, 1.807) is 35.6 Å². The Balaban J connectivity index is 1.58. The van der Waals surface area contributed by atoms with Gasteiger partial charge in [0.15, 0.2) is 5.76 Å². The maximum atomic E-state index is 12.0. The fraction of sp³-hybridized carbons (Fsp3) is 0.0667. The van der Waals surface area contributed by atoms with Crippen LogP contribution in [0, 0.1) is 0 Å². The van der Waals surface area contributed by atoms with E-state index in [0.29, 0.717) is 16.4 Å². The molecule has 0 atom stereocenters. The molecule has 2 amide bonds. The molecule has 22 heavy (non-hydrogen) atoms. The molecule has 0 aliphatic rings. The molecule has 3 aromatic heterocycles. The van der Waals surface area contributed by atoms with Gasteiger partial charge in [-0.25, -0.2) is 0 Å². The fourth-order valence-electron chi connectivity index (χ4n) is 1.78. The van der Waals surface area contributed by atoms with Gasteiger partial charge in [-0.2, -0.15) is 0 Å². The largest absolute Gasteiger partial charge is 0.459 e. The summed E-state index contributed by atoms with van der Waals surface area (Å²) in [5.41, 5.74) is 0. The minimum atomic E-state index is -0.336. The summed E-state index contributed by atoms with van der Waals surface area (Å²) in [6.07, 6.45) is 1.44. The molecular formula is C15H12N2O3S2. The van der Waals surface area contributed by atoms with E-state index in [1.165, 1.54) is 17.6 Å². The van der Waals surface area contributed by atoms with Gasteiger partial charge >= 0.3 is 0 Å². The monoisotopic (exact) mass is 332 g/mol. The van der Waals surface area contributed by atoms with Crippen LogP contribution >= 0.6 is 22.7 Å². The summed E-state index contributed by atoms with van der Waals surface area (Å²) in [6.45, 7) is 0.502. The second kappa shape index (κ2) is 6.59. The smallest absolute Gasteiger partial charge is 0.291 e. The van der Waals surface area contributed by atoms with Gasteiger partial charge < -0.3 is 15.1 Å². The summed E-state index contributed by atoms with van der Waals surface area (Å²) in [6, 6.07) is 10.5. The number of furan rings is 1. The Morgan fingerprint density at radius 3 is 2.73 bits per heavy atom. The molecule has 0 spiro atoms. The summed E-state index contributed by atoms with van der Waals surface area (Å²) in [7, 11) is 0. The molecule has 3 aromatic rings. The lowest BCUT2D eigenvalue weighted by molar-refractivity contribution is 0.0954. The van der Waals surface area contributed by atoms with Crippen molar-refractivity contribution < 1.29 is 14.0 Å². The molecular weight excluding hydrogens is 320 g/mol. The van der Waals surface area contributed by atoms with Crippen LogP contribution in [0.3, 0.4) is 0 Å². The third kappa shape index (κ3) is 3.44. The molecule has 0 aliphatic heterocycles. The van der Waals surface area contributed by atoms with Crippen LogP contribution in [0.5, 0.6) is 0 Å². The van der Waals surface area contributed by atoms with Crippen molar-refractivity contribution in [1.29, 1.82) is 0 Å². The molecule has 0 aliphatic carbocycles. The molecule has 2 N–H and O–H groups in total. The number of carbonyl (C=O) groups is 2. The van der Waals surface area contributed by atoms with Crippen LogP contribution in [0.2, 0.25) is 0 Å². The van der Waals surface area contributed by atoms with Gasteiger partial charge in [-0.05, 0) is 35.7 Å². The molecule has 5 nitrogen and oxygen atoms in total. The average molecular weight is 332 g/mol. The van der Waals surface area contributed by atoms with Gasteiger partial charge in [-0.1, -0.05) is 6.07 Å². The number of carbonyl (C=O) groups excluding carboxylic acids is 2. The van der Waals surface area contributed by atoms with Crippen molar-refractivity contribution >= 4 is 39.5 Å². The highest BCUT2D eigenvalue weighted by molar-refractivity contribution is 7.18. The van der Waals surface area contributed by atoms with Crippen molar-refractivity contribution in [2.24, 2.45) is 0 Å². The number of anilines is 1. The molecule has 3 heterocycles. The molecule has 3 rings (SSSR count). The summed E-state index contributed by atoms with van der Waals surface area (Å²) in [5, 5.41) is 8.11. The molecule has 112 valence electrons. The van der Waals surface area contributed by atoms with Crippen LogP contribution < -0.4 is 10.6 Å². The molecule has 0 saturated heterocycles. The Bertz CT molecular complexity index is 761. The molecule has 0 unspecified atom stereocenters. The zero-order valence-corrected chi connectivity index (χ0v) is 13.0. The summed E-state index contributed by atoms with van der Waals surface area (Å²) >= 11 is 2.81. The van der Waals surface area contributed by atoms with E-state index in [1.807, 2.05) is 17.5 Å². The standard InChI is InChI=1S/C15H12N2O3S2/c18-14(11-4-1-7-20-11)17-13-6-5-12(22-13)15(19)16-9-10-3-2-8-21-10/h1-8H,9H2,(H,16,19)(H,17,18). The highest BCUT2D eigenvalue weighted by atomic mass is 32.1. The third-order valence-corrected chi connectivity index (χ3v) is 4.69. The van der Waals surface area contributed by atoms with Crippen molar-refractivity contribution in [3.63, 3.8) is 0 Å². The Labute approximate surface area is 134 Å².